The molecule has 4 amide bonds. The van der Waals surface area contributed by atoms with Gasteiger partial charge in [0.15, 0.2) is 0 Å². The maximum absolute atomic E-state index is 13.3. The molecular formula is C29H33N5O6. The highest BCUT2D eigenvalue weighted by atomic mass is 16.6. The normalized spacial score (nSPS) is 15.4. The smallest absolute Gasteiger partial charge is 0.407 e. The van der Waals surface area contributed by atoms with Crippen molar-refractivity contribution in [1.82, 2.24) is 20.2 Å². The quantitative estimate of drug-likeness (QED) is 0.385. The zero-order valence-corrected chi connectivity index (χ0v) is 23.0. The zero-order valence-electron chi connectivity index (χ0n) is 23.0. The number of fused-ring (bicyclic) bond motifs is 1. The molecule has 0 radical (unpaired) electrons. The Morgan fingerprint density at radius 1 is 1.10 bits per heavy atom. The number of benzene rings is 2. The van der Waals surface area contributed by atoms with Crippen molar-refractivity contribution in [3.05, 3.63) is 69.8 Å². The number of nitrogens with one attached hydrogen (secondary N) is 3. The van der Waals surface area contributed by atoms with E-state index in [4.69, 9.17) is 4.74 Å². The number of ether oxygens (including phenoxy) is 1. The minimum Gasteiger partial charge on any atom is -0.444 e. The van der Waals surface area contributed by atoms with E-state index in [1.54, 1.807) is 45.9 Å². The Labute approximate surface area is 231 Å². The van der Waals surface area contributed by atoms with Crippen molar-refractivity contribution in [3.8, 4) is 0 Å². The van der Waals surface area contributed by atoms with E-state index in [9.17, 15) is 24.0 Å². The summed E-state index contributed by atoms with van der Waals surface area (Å²) in [5, 5.41) is 8.11. The third-order valence-electron chi connectivity index (χ3n) is 6.37. The Morgan fingerprint density at radius 2 is 1.82 bits per heavy atom. The number of alkyl carbamates (subject to hydrolysis) is 1. The molecule has 3 aromatic rings. The van der Waals surface area contributed by atoms with Crippen LogP contribution in [0.1, 0.15) is 63.0 Å². The molecule has 0 aliphatic carbocycles. The molecule has 2 aromatic carbocycles. The third-order valence-corrected chi connectivity index (χ3v) is 6.37. The van der Waals surface area contributed by atoms with E-state index < -0.39 is 29.2 Å². The predicted molar refractivity (Wildman–Crippen MR) is 149 cm³/mol. The van der Waals surface area contributed by atoms with Crippen molar-refractivity contribution in [1.29, 1.82) is 0 Å². The lowest BCUT2D eigenvalue weighted by atomic mass is 10.0. The number of carbonyl (C=O) groups is 4. The summed E-state index contributed by atoms with van der Waals surface area (Å²) in [6, 6.07) is 11.7. The van der Waals surface area contributed by atoms with Crippen molar-refractivity contribution < 1.29 is 23.9 Å². The highest BCUT2D eigenvalue weighted by Gasteiger charge is 2.30. The summed E-state index contributed by atoms with van der Waals surface area (Å²) in [6.07, 6.45) is 0.504. The van der Waals surface area contributed by atoms with Crippen molar-refractivity contribution in [2.45, 2.75) is 71.6 Å². The predicted octanol–water partition coefficient (Wildman–Crippen LogP) is 3.28. The first kappa shape index (κ1) is 28.5. The molecule has 1 aromatic heterocycles. The topological polar surface area (TPSA) is 148 Å². The van der Waals surface area contributed by atoms with Crippen LogP contribution in [0.25, 0.3) is 10.9 Å². The molecule has 40 heavy (non-hydrogen) atoms. The minimum absolute atomic E-state index is 0.138. The van der Waals surface area contributed by atoms with Crippen LogP contribution in [0.2, 0.25) is 0 Å². The number of aromatic nitrogens is 2. The highest BCUT2D eigenvalue weighted by Crippen LogP contribution is 2.23. The lowest BCUT2D eigenvalue weighted by Gasteiger charge is -2.24. The number of aryl methyl sites for hydroxylation is 2. The summed E-state index contributed by atoms with van der Waals surface area (Å²) in [4.78, 5) is 66.6. The standard InChI is InChI=1S/C29H33N5O6/c1-17-31-25-20(27(38)34(17)22-12-14-24(36)33-26(22)37)9-6-10-21(25)32-23(35)13-11-18-7-5-8-19(15-18)16-30-28(39)40-29(2,3)4/h5-10,15,22H,11-14,16H2,1-4H3,(H,30,39)(H,32,35)(H,33,36,37). The van der Waals surface area contributed by atoms with E-state index in [-0.39, 0.29) is 36.5 Å². The third kappa shape index (κ3) is 6.90. The van der Waals surface area contributed by atoms with Gasteiger partial charge in [0.1, 0.15) is 23.0 Å². The van der Waals surface area contributed by atoms with Gasteiger partial charge in [-0.25, -0.2) is 9.78 Å². The first-order chi connectivity index (χ1) is 18.9. The summed E-state index contributed by atoms with van der Waals surface area (Å²) in [5.41, 5.74) is 1.54. The van der Waals surface area contributed by atoms with Gasteiger partial charge in [0, 0.05) is 19.4 Å². The van der Waals surface area contributed by atoms with E-state index in [0.717, 1.165) is 11.1 Å². The maximum atomic E-state index is 13.3. The molecule has 1 aliphatic rings. The van der Waals surface area contributed by atoms with E-state index in [1.165, 1.54) is 4.57 Å². The van der Waals surface area contributed by atoms with Crippen LogP contribution in [0.3, 0.4) is 0 Å². The Kier molecular flexibility index (Phi) is 8.32. The molecule has 1 saturated heterocycles. The van der Waals surface area contributed by atoms with Gasteiger partial charge in [-0.05, 0) is 63.8 Å². The van der Waals surface area contributed by atoms with Gasteiger partial charge in [-0.2, -0.15) is 0 Å². The number of piperidine rings is 1. The first-order valence-corrected chi connectivity index (χ1v) is 13.1. The van der Waals surface area contributed by atoms with Crippen LogP contribution in [0.4, 0.5) is 10.5 Å². The van der Waals surface area contributed by atoms with Gasteiger partial charge in [-0.3, -0.25) is 29.1 Å². The molecule has 1 fully saturated rings. The molecule has 4 rings (SSSR count). The Morgan fingerprint density at radius 3 is 2.55 bits per heavy atom. The highest BCUT2D eigenvalue weighted by molar-refractivity contribution is 6.01. The summed E-state index contributed by atoms with van der Waals surface area (Å²) in [7, 11) is 0. The van der Waals surface area contributed by atoms with Gasteiger partial charge in [0.2, 0.25) is 17.7 Å². The summed E-state index contributed by atoms with van der Waals surface area (Å²) in [6.45, 7) is 7.31. The fourth-order valence-corrected chi connectivity index (χ4v) is 4.58. The fourth-order valence-electron chi connectivity index (χ4n) is 4.58. The summed E-state index contributed by atoms with van der Waals surface area (Å²) in [5.74, 6) is -0.837. The summed E-state index contributed by atoms with van der Waals surface area (Å²) >= 11 is 0. The number of amides is 4. The van der Waals surface area contributed by atoms with Crippen LogP contribution >= 0.6 is 0 Å². The Bertz CT molecular complexity index is 1540. The average molecular weight is 548 g/mol. The molecule has 1 unspecified atom stereocenters. The van der Waals surface area contributed by atoms with E-state index >= 15 is 0 Å². The molecule has 1 aliphatic heterocycles. The van der Waals surface area contributed by atoms with Crippen LogP contribution in [0.5, 0.6) is 0 Å². The van der Waals surface area contributed by atoms with Gasteiger partial charge >= 0.3 is 6.09 Å². The largest absolute Gasteiger partial charge is 0.444 e. The molecule has 0 spiro atoms. The number of hydrogen-bond donors (Lipinski definition) is 3. The first-order valence-electron chi connectivity index (χ1n) is 13.1. The van der Waals surface area contributed by atoms with Crippen LogP contribution in [-0.4, -0.2) is 39.0 Å². The second kappa shape index (κ2) is 11.7. The van der Waals surface area contributed by atoms with Crippen LogP contribution in [-0.2, 0) is 32.1 Å². The van der Waals surface area contributed by atoms with E-state index in [0.29, 0.717) is 30.0 Å². The van der Waals surface area contributed by atoms with Gasteiger partial charge in [0.05, 0.1) is 11.1 Å². The van der Waals surface area contributed by atoms with E-state index in [1.807, 2.05) is 24.3 Å². The van der Waals surface area contributed by atoms with Crippen molar-refractivity contribution >= 4 is 40.4 Å². The lowest BCUT2D eigenvalue weighted by molar-refractivity contribution is -0.135. The monoisotopic (exact) mass is 547 g/mol. The molecule has 1 atom stereocenters. The number of para-hydroxylation sites is 1. The molecule has 210 valence electrons. The SMILES string of the molecule is Cc1nc2c(NC(=O)CCc3cccc(CNC(=O)OC(C)(C)C)c3)cccc2c(=O)n1C1CCC(=O)NC1=O. The molecule has 11 heteroatoms. The van der Waals surface area contributed by atoms with Gasteiger partial charge in [-0.1, -0.05) is 30.3 Å². The lowest BCUT2D eigenvalue weighted by Crippen LogP contribution is -2.45. The Balaban J connectivity index is 1.43. The van der Waals surface area contributed by atoms with Crippen molar-refractivity contribution in [2.75, 3.05) is 5.32 Å². The van der Waals surface area contributed by atoms with Gasteiger partial charge in [0.25, 0.3) is 5.56 Å². The second-order valence-corrected chi connectivity index (χ2v) is 10.7. The van der Waals surface area contributed by atoms with Gasteiger partial charge in [-0.15, -0.1) is 0 Å². The minimum atomic E-state index is -0.824. The number of rotatable bonds is 7. The zero-order chi connectivity index (χ0) is 29.0. The molecule has 0 bridgehead atoms. The van der Waals surface area contributed by atoms with E-state index in [2.05, 4.69) is 20.9 Å². The number of hydrogen-bond acceptors (Lipinski definition) is 7. The van der Waals surface area contributed by atoms with Gasteiger partial charge < -0.3 is 15.4 Å². The molecular weight excluding hydrogens is 514 g/mol. The number of imide groups is 1. The molecule has 0 saturated carbocycles. The molecule has 3 N–H and O–H groups in total. The average Bonchev–Trinajstić information content (AvgIpc) is 2.87. The maximum Gasteiger partial charge on any atom is 0.407 e. The van der Waals surface area contributed by atoms with Crippen molar-refractivity contribution in [3.63, 3.8) is 0 Å². The van der Waals surface area contributed by atoms with Crippen molar-refractivity contribution in [2.24, 2.45) is 0 Å². The van der Waals surface area contributed by atoms with Crippen LogP contribution in [0.15, 0.2) is 47.3 Å². The fraction of sp³-hybridized carbons (Fsp3) is 0.379. The molecule has 2 heterocycles. The second-order valence-electron chi connectivity index (χ2n) is 10.7. The molecule has 11 nitrogen and oxygen atoms in total. The Hall–Kier alpha value is -4.54. The summed E-state index contributed by atoms with van der Waals surface area (Å²) < 4.78 is 6.56. The van der Waals surface area contributed by atoms with Crippen LogP contribution in [0, 0.1) is 6.92 Å². The number of nitrogens with zero attached hydrogens (tertiary/aromatic N) is 2. The number of anilines is 1. The van der Waals surface area contributed by atoms with Crippen LogP contribution < -0.4 is 21.5 Å². The number of carbonyl (C=O) groups excluding carboxylic acids is 4.